The molecule has 0 aromatic rings. The molecule has 1 aliphatic carbocycles. The van der Waals surface area contributed by atoms with Crippen molar-refractivity contribution in [3.05, 3.63) is 31.7 Å². The Labute approximate surface area is 74.9 Å². The Balaban J connectivity index is 0. The van der Waals surface area contributed by atoms with Crippen LogP contribution in [0.25, 0.3) is 0 Å². The minimum Gasteiger partial charge on any atom is -0.358 e. The summed E-state index contributed by atoms with van der Waals surface area (Å²) in [7, 11) is 0. The van der Waals surface area contributed by atoms with Crippen molar-refractivity contribution in [3.63, 3.8) is 0 Å². The molecule has 0 radical (unpaired) electrons. The number of hydrogen-bond donors (Lipinski definition) is 0. The summed E-state index contributed by atoms with van der Waals surface area (Å²) in [4.78, 5) is 0. The molecule has 0 aliphatic heterocycles. The van der Waals surface area contributed by atoms with Gasteiger partial charge in [0.05, 0.1) is 0 Å². The molecule has 0 unspecified atom stereocenters. The largest absolute Gasteiger partial charge is 2.00 e. The Hall–Kier alpha value is -0.000519. The monoisotopic (exact) mass is 178 g/mol. The van der Waals surface area contributed by atoms with Crippen LogP contribution in [0.5, 0.6) is 0 Å². The van der Waals surface area contributed by atoms with Crippen molar-refractivity contribution in [1.29, 1.82) is 0 Å². The van der Waals surface area contributed by atoms with E-state index in [1.165, 1.54) is 0 Å². The quantitative estimate of drug-likeness (QED) is 0.395. The maximum Gasteiger partial charge on any atom is 2.00 e. The van der Waals surface area contributed by atoms with Gasteiger partial charge in [-0.05, 0) is 5.41 Å². The summed E-state index contributed by atoms with van der Waals surface area (Å²) in [6.07, 6.45) is 10.5. The van der Waals surface area contributed by atoms with Gasteiger partial charge in [-0.2, -0.15) is 6.08 Å². The summed E-state index contributed by atoms with van der Waals surface area (Å²) < 4.78 is 0. The minimum absolute atomic E-state index is 0. The molecule has 0 saturated heterocycles. The van der Waals surface area contributed by atoms with Crippen LogP contribution >= 0.6 is 0 Å². The average molecular weight is 178 g/mol. The molecule has 10 heavy (non-hydrogen) atoms. The fourth-order valence-electron chi connectivity index (χ4n) is 0.758. The summed E-state index contributed by atoms with van der Waals surface area (Å²) in [6.45, 7) is 4.42. The molecule has 0 bridgehead atoms. The van der Waals surface area contributed by atoms with E-state index in [1.807, 2.05) is 6.08 Å². The Morgan fingerprint density at radius 3 is 2.20 bits per heavy atom. The van der Waals surface area contributed by atoms with E-state index in [4.69, 9.17) is 0 Å². The van der Waals surface area contributed by atoms with Gasteiger partial charge in [0.25, 0.3) is 0 Å². The predicted octanol–water partition coefficient (Wildman–Crippen LogP) is 2.78. The minimum atomic E-state index is 0. The summed E-state index contributed by atoms with van der Waals surface area (Å²) in [6, 6.07) is 0. The second kappa shape index (κ2) is 4.76. The van der Waals surface area contributed by atoms with Crippen molar-refractivity contribution in [3.8, 4) is 0 Å². The normalized spacial score (nSPS) is 19.0. The topological polar surface area (TPSA) is 0 Å². The Morgan fingerprint density at radius 2 is 2.00 bits per heavy atom. The van der Waals surface area contributed by atoms with Crippen LogP contribution in [0.1, 0.15) is 20.3 Å². The molecule has 0 amide bonds. The molecule has 0 saturated carbocycles. The standard InChI is InChI=1S/C8H11.CH3.Fe/c1-8(2)6-4-3-5-7-8;;/h3-4,6H,7H2,1-2H3;1H3;/q2*-1;+2. The third-order valence-corrected chi connectivity index (χ3v) is 1.32. The van der Waals surface area contributed by atoms with Crippen LogP contribution in [0.15, 0.2) is 18.2 Å². The second-order valence-electron chi connectivity index (χ2n) is 2.90. The van der Waals surface area contributed by atoms with Crippen molar-refractivity contribution in [2.24, 2.45) is 5.41 Å². The van der Waals surface area contributed by atoms with Crippen LogP contribution in [-0.4, -0.2) is 0 Å². The molecule has 0 nitrogen and oxygen atoms in total. The van der Waals surface area contributed by atoms with Gasteiger partial charge in [0.15, 0.2) is 0 Å². The van der Waals surface area contributed by atoms with Gasteiger partial charge in [0.2, 0.25) is 0 Å². The molecule has 0 heterocycles. The molecule has 0 fully saturated rings. The third kappa shape index (κ3) is 3.92. The van der Waals surface area contributed by atoms with Gasteiger partial charge >= 0.3 is 17.1 Å². The van der Waals surface area contributed by atoms with Crippen molar-refractivity contribution in [2.75, 3.05) is 0 Å². The van der Waals surface area contributed by atoms with E-state index in [0.717, 1.165) is 6.42 Å². The van der Waals surface area contributed by atoms with Gasteiger partial charge in [0.1, 0.15) is 0 Å². The van der Waals surface area contributed by atoms with Crippen molar-refractivity contribution in [1.82, 2.24) is 0 Å². The van der Waals surface area contributed by atoms with E-state index < -0.39 is 0 Å². The molecule has 1 rings (SSSR count). The fraction of sp³-hybridized carbons (Fsp3) is 0.444. The van der Waals surface area contributed by atoms with Crippen molar-refractivity contribution in [2.45, 2.75) is 20.3 Å². The first-order chi connectivity index (χ1) is 3.71. The van der Waals surface area contributed by atoms with Crippen LogP contribution in [0.4, 0.5) is 0 Å². The molecule has 58 valence electrons. The fourth-order valence-corrected chi connectivity index (χ4v) is 0.758. The van der Waals surface area contributed by atoms with E-state index in [1.54, 1.807) is 0 Å². The third-order valence-electron chi connectivity index (χ3n) is 1.32. The van der Waals surface area contributed by atoms with Gasteiger partial charge in [-0.15, -0.1) is 6.42 Å². The van der Waals surface area contributed by atoms with Gasteiger partial charge in [0, 0.05) is 0 Å². The van der Waals surface area contributed by atoms with Crippen LogP contribution in [0.3, 0.4) is 0 Å². The van der Waals surface area contributed by atoms with Gasteiger partial charge in [-0.25, -0.2) is 12.2 Å². The van der Waals surface area contributed by atoms with E-state index in [-0.39, 0.29) is 24.5 Å². The molecule has 0 aromatic carbocycles. The Kier molecular flexibility index (Phi) is 6.02. The molecule has 1 heteroatoms. The SMILES string of the molecule is CC1(C)C=CC=[C-]C1.[CH3-].[Fe+2]. The summed E-state index contributed by atoms with van der Waals surface area (Å²) in [5.41, 5.74) is 0.356. The van der Waals surface area contributed by atoms with Crippen molar-refractivity contribution >= 4 is 0 Å². The Bertz CT molecular complexity index is 132. The van der Waals surface area contributed by atoms with E-state index in [9.17, 15) is 0 Å². The summed E-state index contributed by atoms with van der Waals surface area (Å²) >= 11 is 0. The van der Waals surface area contributed by atoms with Gasteiger partial charge < -0.3 is 7.43 Å². The first-order valence-electron chi connectivity index (χ1n) is 2.95. The van der Waals surface area contributed by atoms with Crippen LogP contribution in [0, 0.1) is 18.9 Å². The number of allylic oxidation sites excluding steroid dienone is 4. The van der Waals surface area contributed by atoms with Gasteiger partial charge in [-0.3, -0.25) is 6.08 Å². The molecule has 0 aromatic heterocycles. The van der Waals surface area contributed by atoms with Gasteiger partial charge in [-0.1, -0.05) is 13.8 Å². The Morgan fingerprint density at radius 1 is 1.40 bits per heavy atom. The maximum atomic E-state index is 3.16. The molecule has 1 aliphatic rings. The summed E-state index contributed by atoms with van der Waals surface area (Å²) in [5.74, 6) is 0. The zero-order valence-corrected chi connectivity index (χ0v) is 7.90. The van der Waals surface area contributed by atoms with E-state index >= 15 is 0 Å². The average Bonchev–Trinajstić information content (AvgIpc) is 1.65. The first-order valence-corrected chi connectivity index (χ1v) is 2.95. The number of hydrogen-bond acceptors (Lipinski definition) is 0. The zero-order chi connectivity index (χ0) is 6.04. The zero-order valence-electron chi connectivity index (χ0n) is 6.79. The van der Waals surface area contributed by atoms with Crippen molar-refractivity contribution < 1.29 is 17.1 Å². The van der Waals surface area contributed by atoms with E-state index in [0.29, 0.717) is 5.41 Å². The summed E-state index contributed by atoms with van der Waals surface area (Å²) in [5, 5.41) is 0. The smallest absolute Gasteiger partial charge is 0.358 e. The van der Waals surface area contributed by atoms with E-state index in [2.05, 4.69) is 32.1 Å². The second-order valence-corrected chi connectivity index (χ2v) is 2.90. The van der Waals surface area contributed by atoms with Crippen LogP contribution in [-0.2, 0) is 17.1 Å². The van der Waals surface area contributed by atoms with Crippen LogP contribution < -0.4 is 0 Å². The number of rotatable bonds is 0. The molecule has 0 N–H and O–H groups in total. The molecule has 0 atom stereocenters. The van der Waals surface area contributed by atoms with Crippen LogP contribution in [0.2, 0.25) is 0 Å². The maximum absolute atomic E-state index is 3.16. The molecular weight excluding hydrogens is 164 g/mol. The predicted molar refractivity (Wildman–Crippen MR) is 41.8 cm³/mol. The first kappa shape index (κ1) is 12.7. The molecule has 0 spiro atoms. The molecular formula is C9H14Fe.